The van der Waals surface area contributed by atoms with E-state index in [2.05, 4.69) is 5.32 Å². The monoisotopic (exact) mass is 275 g/mol. The minimum absolute atomic E-state index is 0.148. The molecule has 20 heavy (non-hydrogen) atoms. The molecule has 0 atom stereocenters. The molecule has 5 heteroatoms. The molecular weight excluding hydrogens is 258 g/mol. The van der Waals surface area contributed by atoms with Gasteiger partial charge in [-0.25, -0.2) is 9.59 Å². The molecule has 1 heterocycles. The predicted molar refractivity (Wildman–Crippen MR) is 73.9 cm³/mol. The average molecular weight is 275 g/mol. The second kappa shape index (κ2) is 5.00. The summed E-state index contributed by atoms with van der Waals surface area (Å²) in [4.78, 5) is 23.5. The van der Waals surface area contributed by atoms with E-state index in [1.807, 2.05) is 32.0 Å². The lowest BCUT2D eigenvalue weighted by Crippen LogP contribution is -2.42. The summed E-state index contributed by atoms with van der Waals surface area (Å²) in [6, 6.07) is 5.87. The van der Waals surface area contributed by atoms with E-state index in [-0.39, 0.29) is 5.57 Å². The van der Waals surface area contributed by atoms with Gasteiger partial charge < -0.3 is 14.8 Å². The molecule has 2 rings (SSSR count). The zero-order valence-electron chi connectivity index (χ0n) is 11.9. The van der Waals surface area contributed by atoms with Gasteiger partial charge in [0.15, 0.2) is 5.57 Å². The third-order valence-electron chi connectivity index (χ3n) is 2.88. The molecule has 0 aromatic heterocycles. The molecule has 1 aromatic rings. The summed E-state index contributed by atoms with van der Waals surface area (Å²) in [7, 11) is 0. The molecule has 0 bridgehead atoms. The van der Waals surface area contributed by atoms with E-state index in [9.17, 15) is 9.59 Å². The van der Waals surface area contributed by atoms with Gasteiger partial charge in [-0.2, -0.15) is 0 Å². The molecule has 0 unspecified atom stereocenters. The number of aryl methyl sites for hydroxylation is 2. The number of hydrogen-bond acceptors (Lipinski definition) is 5. The van der Waals surface area contributed by atoms with Crippen molar-refractivity contribution in [3.63, 3.8) is 0 Å². The molecule has 0 radical (unpaired) electrons. The number of cyclic esters (lactones) is 2. The van der Waals surface area contributed by atoms with E-state index in [0.717, 1.165) is 16.8 Å². The second-order valence-electron chi connectivity index (χ2n) is 5.20. The molecule has 0 amide bonds. The van der Waals surface area contributed by atoms with E-state index in [4.69, 9.17) is 9.47 Å². The van der Waals surface area contributed by atoms with Crippen LogP contribution in [0.5, 0.6) is 0 Å². The van der Waals surface area contributed by atoms with Crippen molar-refractivity contribution >= 4 is 17.6 Å². The van der Waals surface area contributed by atoms with E-state index < -0.39 is 17.7 Å². The summed E-state index contributed by atoms with van der Waals surface area (Å²) in [5.74, 6) is -2.60. The number of rotatable bonds is 2. The molecule has 1 N–H and O–H groups in total. The van der Waals surface area contributed by atoms with E-state index in [1.54, 1.807) is 0 Å². The van der Waals surface area contributed by atoms with E-state index >= 15 is 0 Å². The molecule has 5 nitrogen and oxygen atoms in total. The van der Waals surface area contributed by atoms with Gasteiger partial charge in [-0.05, 0) is 31.0 Å². The van der Waals surface area contributed by atoms with Gasteiger partial charge in [-0.3, -0.25) is 0 Å². The fraction of sp³-hybridized carbons (Fsp3) is 0.333. The Morgan fingerprint density at radius 1 is 1.10 bits per heavy atom. The summed E-state index contributed by atoms with van der Waals surface area (Å²) in [5.41, 5.74) is 2.75. The Kier molecular flexibility index (Phi) is 3.53. The van der Waals surface area contributed by atoms with Crippen LogP contribution in [0.2, 0.25) is 0 Å². The van der Waals surface area contributed by atoms with Crippen LogP contribution in [0.1, 0.15) is 25.0 Å². The maximum atomic E-state index is 11.8. The van der Waals surface area contributed by atoms with Crippen LogP contribution in [-0.2, 0) is 19.1 Å². The highest BCUT2D eigenvalue weighted by Crippen LogP contribution is 2.23. The van der Waals surface area contributed by atoms with Crippen LogP contribution in [0, 0.1) is 13.8 Å². The van der Waals surface area contributed by atoms with E-state index in [0.29, 0.717) is 0 Å². The molecule has 1 aliphatic rings. The predicted octanol–water partition coefficient (Wildman–Crippen LogP) is 2.44. The van der Waals surface area contributed by atoms with Gasteiger partial charge in [-0.15, -0.1) is 0 Å². The molecule has 1 fully saturated rings. The van der Waals surface area contributed by atoms with Crippen LogP contribution in [0.3, 0.4) is 0 Å². The Hall–Kier alpha value is -2.30. The first kappa shape index (κ1) is 14.1. The summed E-state index contributed by atoms with van der Waals surface area (Å²) in [6.07, 6.45) is 1.32. The Labute approximate surface area is 117 Å². The molecule has 106 valence electrons. The number of carbonyl (C=O) groups excluding carboxylic acids is 2. The summed E-state index contributed by atoms with van der Waals surface area (Å²) >= 11 is 0. The number of nitrogens with one attached hydrogen (secondary N) is 1. The lowest BCUT2D eigenvalue weighted by Gasteiger charge is -2.29. The fourth-order valence-electron chi connectivity index (χ4n) is 1.82. The normalized spacial score (nSPS) is 17.3. The lowest BCUT2D eigenvalue weighted by atomic mass is 10.1. The maximum Gasteiger partial charge on any atom is 0.350 e. The molecule has 1 saturated heterocycles. The minimum atomic E-state index is -1.22. The summed E-state index contributed by atoms with van der Waals surface area (Å²) in [5, 5.41) is 2.95. The van der Waals surface area contributed by atoms with Crippen LogP contribution >= 0.6 is 0 Å². The first-order valence-electron chi connectivity index (χ1n) is 6.29. The van der Waals surface area contributed by atoms with Crippen LogP contribution in [0.15, 0.2) is 30.0 Å². The van der Waals surface area contributed by atoms with Crippen molar-refractivity contribution in [2.24, 2.45) is 0 Å². The summed E-state index contributed by atoms with van der Waals surface area (Å²) in [6.45, 7) is 6.92. The van der Waals surface area contributed by atoms with Crippen molar-refractivity contribution in [1.29, 1.82) is 0 Å². The Morgan fingerprint density at radius 2 is 1.70 bits per heavy atom. The van der Waals surface area contributed by atoms with Crippen molar-refractivity contribution in [3.8, 4) is 0 Å². The van der Waals surface area contributed by atoms with Gasteiger partial charge in [-0.1, -0.05) is 12.1 Å². The van der Waals surface area contributed by atoms with Crippen molar-refractivity contribution in [2.75, 3.05) is 5.32 Å². The third-order valence-corrected chi connectivity index (χ3v) is 2.88. The third kappa shape index (κ3) is 2.99. The number of esters is 2. The number of anilines is 1. The quantitative estimate of drug-likeness (QED) is 0.510. The van der Waals surface area contributed by atoms with Gasteiger partial charge in [0.25, 0.3) is 5.79 Å². The van der Waals surface area contributed by atoms with Gasteiger partial charge in [0, 0.05) is 25.7 Å². The Morgan fingerprint density at radius 3 is 2.30 bits per heavy atom. The molecular formula is C15H17NO4. The number of hydrogen-bond donors (Lipinski definition) is 1. The number of ether oxygens (including phenoxy) is 2. The van der Waals surface area contributed by atoms with Gasteiger partial charge in [0.1, 0.15) is 0 Å². The molecule has 1 aliphatic heterocycles. The SMILES string of the molecule is Cc1ccc(C)c(NC=C2C(=O)OC(C)(C)OC2=O)c1. The smallest absolute Gasteiger partial charge is 0.350 e. The van der Waals surface area contributed by atoms with Crippen molar-refractivity contribution < 1.29 is 19.1 Å². The molecule has 0 aliphatic carbocycles. The first-order chi connectivity index (χ1) is 9.28. The van der Waals surface area contributed by atoms with Crippen molar-refractivity contribution in [1.82, 2.24) is 0 Å². The van der Waals surface area contributed by atoms with Crippen LogP contribution in [0.25, 0.3) is 0 Å². The highest BCUT2D eigenvalue weighted by Gasteiger charge is 2.38. The van der Waals surface area contributed by atoms with Gasteiger partial charge in [0.05, 0.1) is 0 Å². The molecule has 1 aromatic carbocycles. The fourth-order valence-corrected chi connectivity index (χ4v) is 1.82. The van der Waals surface area contributed by atoms with Crippen LogP contribution in [-0.4, -0.2) is 17.7 Å². The molecule has 0 spiro atoms. The topological polar surface area (TPSA) is 64.6 Å². The van der Waals surface area contributed by atoms with Crippen LogP contribution < -0.4 is 5.32 Å². The minimum Gasteiger partial charge on any atom is -0.419 e. The van der Waals surface area contributed by atoms with Crippen molar-refractivity contribution in [3.05, 3.63) is 41.1 Å². The standard InChI is InChI=1S/C15H17NO4/c1-9-5-6-10(2)12(7-9)16-8-11-13(17)19-15(3,4)20-14(11)18/h5-8,16H,1-4H3. The zero-order chi connectivity index (χ0) is 14.9. The highest BCUT2D eigenvalue weighted by molar-refractivity contribution is 6.15. The Balaban J connectivity index is 2.21. The largest absolute Gasteiger partial charge is 0.419 e. The maximum absolute atomic E-state index is 11.8. The molecule has 0 saturated carbocycles. The van der Waals surface area contributed by atoms with Crippen molar-refractivity contribution in [2.45, 2.75) is 33.5 Å². The van der Waals surface area contributed by atoms with Crippen LogP contribution in [0.4, 0.5) is 5.69 Å². The Bertz CT molecular complexity index is 580. The first-order valence-corrected chi connectivity index (χ1v) is 6.29. The second-order valence-corrected chi connectivity index (χ2v) is 5.20. The highest BCUT2D eigenvalue weighted by atomic mass is 16.7. The summed E-state index contributed by atoms with van der Waals surface area (Å²) < 4.78 is 10.0. The zero-order valence-corrected chi connectivity index (χ0v) is 11.9. The lowest BCUT2D eigenvalue weighted by molar-refractivity contribution is -0.222. The van der Waals surface area contributed by atoms with Gasteiger partial charge in [0.2, 0.25) is 0 Å². The number of carbonyl (C=O) groups is 2. The number of benzene rings is 1. The van der Waals surface area contributed by atoms with E-state index in [1.165, 1.54) is 20.0 Å². The average Bonchev–Trinajstić information content (AvgIpc) is 2.30. The van der Waals surface area contributed by atoms with Gasteiger partial charge >= 0.3 is 11.9 Å².